The predicted molar refractivity (Wildman–Crippen MR) is 91.0 cm³/mol. The molecule has 0 amide bonds. The molecule has 1 aliphatic heterocycles. The fourth-order valence-corrected chi connectivity index (χ4v) is 2.75. The third kappa shape index (κ3) is 4.17. The normalized spacial score (nSPS) is 29.6. The molecule has 12 heteroatoms. The molecule has 0 aliphatic carbocycles. The smallest absolute Gasteiger partial charge is 0.297 e. The molecular weight excluding hydrogens is 368 g/mol. The molecule has 1 saturated heterocycles. The number of ether oxygens (including phenoxy) is 1. The van der Waals surface area contributed by atoms with Gasteiger partial charge >= 0.3 is 0 Å². The van der Waals surface area contributed by atoms with E-state index in [1.807, 2.05) is 0 Å². The predicted octanol–water partition coefficient (Wildman–Crippen LogP) is -2.07. The van der Waals surface area contributed by atoms with Crippen molar-refractivity contribution in [1.29, 1.82) is 0 Å². The Morgan fingerprint density at radius 1 is 1.23 bits per heavy atom. The number of rotatable bonds is 5. The molecule has 0 saturated carbocycles. The molecule has 1 aliphatic rings. The van der Waals surface area contributed by atoms with E-state index in [9.17, 15) is 25.2 Å². The molecule has 148 valence electrons. The molecule has 1 aromatic rings. The van der Waals surface area contributed by atoms with Crippen LogP contribution in [0.2, 0.25) is 0 Å². The maximum atomic E-state index is 12.7. The summed E-state index contributed by atoms with van der Waals surface area (Å²) < 4.78 is 6.21. The average Bonchev–Trinajstić information content (AvgIpc) is 2.58. The molecule has 5 N–H and O–H groups in total. The van der Waals surface area contributed by atoms with Gasteiger partial charge in [0, 0.05) is 5.41 Å². The Kier molecular flexibility index (Phi) is 6.60. The topological polar surface area (TPSA) is 159 Å². The third-order valence-corrected chi connectivity index (χ3v) is 4.46. The maximum absolute atomic E-state index is 12.7. The van der Waals surface area contributed by atoms with E-state index in [1.165, 1.54) is 0 Å². The minimum atomic E-state index is -1.61. The van der Waals surface area contributed by atoms with E-state index >= 15 is 0 Å². The van der Waals surface area contributed by atoms with Crippen LogP contribution in [0.4, 0.5) is 0 Å². The first-order valence-electron chi connectivity index (χ1n) is 7.88. The van der Waals surface area contributed by atoms with Gasteiger partial charge < -0.3 is 25.2 Å². The molecule has 11 nitrogen and oxygen atoms in total. The molecule has 0 unspecified atom stereocenters. The Bertz CT molecular complexity index is 678. The van der Waals surface area contributed by atoms with Crippen molar-refractivity contribution in [1.82, 2.24) is 14.9 Å². The number of aliphatic hydroxyl groups is 4. The van der Waals surface area contributed by atoms with E-state index in [1.54, 1.807) is 27.0 Å². The molecule has 0 bridgehead atoms. The fourth-order valence-electron chi connectivity index (χ4n) is 2.33. The summed E-state index contributed by atoms with van der Waals surface area (Å²) >= 11 is 1.14. The highest BCUT2D eigenvalue weighted by atomic mass is 32.2. The average molecular weight is 392 g/mol. The minimum absolute atomic E-state index is 0.195. The quantitative estimate of drug-likeness (QED) is 0.277. The van der Waals surface area contributed by atoms with E-state index in [4.69, 9.17) is 9.57 Å². The van der Waals surface area contributed by atoms with Gasteiger partial charge in [0.15, 0.2) is 0 Å². The van der Waals surface area contributed by atoms with Crippen LogP contribution in [-0.4, -0.2) is 78.9 Å². The summed E-state index contributed by atoms with van der Waals surface area (Å²) in [6.45, 7) is 4.83. The molecule has 0 spiro atoms. The van der Waals surface area contributed by atoms with Crippen LogP contribution < -0.4 is 11.1 Å². The first-order chi connectivity index (χ1) is 12.1. The van der Waals surface area contributed by atoms with Crippen LogP contribution in [0.15, 0.2) is 9.95 Å². The van der Waals surface area contributed by atoms with Crippen molar-refractivity contribution in [3.8, 4) is 0 Å². The van der Waals surface area contributed by atoms with Crippen LogP contribution in [0.1, 0.15) is 26.5 Å². The zero-order valence-electron chi connectivity index (χ0n) is 14.9. The second kappa shape index (κ2) is 8.17. The number of thioether (sulfide) groups is 1. The van der Waals surface area contributed by atoms with Gasteiger partial charge in [-0.3, -0.25) is 4.79 Å². The van der Waals surface area contributed by atoms with Gasteiger partial charge in [-0.2, -0.15) is 10.3 Å². The second-order valence-corrected chi connectivity index (χ2v) is 7.61. The van der Waals surface area contributed by atoms with Gasteiger partial charge in [0.05, 0.1) is 6.61 Å². The Hall–Kier alpha value is -1.28. The van der Waals surface area contributed by atoms with Crippen LogP contribution in [0, 0.1) is 0 Å². The molecule has 2 heterocycles. The fraction of sp³-hybridized carbons (Fsp3) is 0.786. The number of aromatic nitrogens is 3. The molecule has 1 fully saturated rings. The van der Waals surface area contributed by atoms with E-state index in [-0.39, 0.29) is 10.9 Å². The van der Waals surface area contributed by atoms with Crippen LogP contribution in [0.3, 0.4) is 0 Å². The van der Waals surface area contributed by atoms with Gasteiger partial charge in [-0.15, -0.1) is 10.2 Å². The largest absolute Gasteiger partial charge is 0.394 e. The molecular formula is C14H24N4O7S. The number of nitrogens with one attached hydrogen (secondary N) is 1. The Labute approximate surface area is 153 Å². The summed E-state index contributed by atoms with van der Waals surface area (Å²) in [5, 5.41) is 46.8. The van der Waals surface area contributed by atoms with Crippen molar-refractivity contribution in [3.63, 3.8) is 0 Å². The number of nitrogens with zero attached hydrogens (tertiary/aromatic N) is 3. The summed E-state index contributed by atoms with van der Waals surface area (Å²) in [6.07, 6.45) is -5.59. The Morgan fingerprint density at radius 2 is 1.88 bits per heavy atom. The van der Waals surface area contributed by atoms with Crippen LogP contribution in [0.5, 0.6) is 0 Å². The first-order valence-corrected chi connectivity index (χ1v) is 9.10. The molecule has 1 aromatic heterocycles. The summed E-state index contributed by atoms with van der Waals surface area (Å²) in [6, 6.07) is 0. The number of hydrogen-bond donors (Lipinski definition) is 5. The highest BCUT2D eigenvalue weighted by Crippen LogP contribution is 2.22. The summed E-state index contributed by atoms with van der Waals surface area (Å²) in [7, 11) is 0. The zero-order valence-corrected chi connectivity index (χ0v) is 15.7. The number of hydrogen-bond acceptors (Lipinski definition) is 11. The van der Waals surface area contributed by atoms with Crippen LogP contribution in [-0.2, 0) is 15.0 Å². The standard InChI is InChI=1S/C14H24N4O7S/c1-14(2,3)10-11(23)18(13(26-4)16-15-10)17-25-12-9(22)8(21)7(20)6(5-19)24-12/h6-9,12,17,19-22H,5H2,1-4H3/t6-,7-,8+,9-,12+/m1/s1. The monoisotopic (exact) mass is 392 g/mol. The van der Waals surface area contributed by atoms with E-state index in [0.717, 1.165) is 16.4 Å². The van der Waals surface area contributed by atoms with Crippen LogP contribution in [0.25, 0.3) is 0 Å². The van der Waals surface area contributed by atoms with Crippen molar-refractivity contribution in [2.75, 3.05) is 18.5 Å². The van der Waals surface area contributed by atoms with Gasteiger partial charge in [-0.1, -0.05) is 32.5 Å². The lowest BCUT2D eigenvalue weighted by Gasteiger charge is -2.39. The summed E-state index contributed by atoms with van der Waals surface area (Å²) in [5.74, 6) is 0. The lowest BCUT2D eigenvalue weighted by molar-refractivity contribution is -0.298. The molecule has 0 radical (unpaired) electrons. The van der Waals surface area contributed by atoms with Crippen molar-refractivity contribution in [2.24, 2.45) is 0 Å². The zero-order chi connectivity index (χ0) is 19.6. The van der Waals surface area contributed by atoms with Gasteiger partial charge in [-0.05, 0) is 6.26 Å². The van der Waals surface area contributed by atoms with E-state index < -0.39 is 48.3 Å². The lowest BCUT2D eigenvalue weighted by Crippen LogP contribution is -2.60. The number of aliphatic hydroxyl groups excluding tert-OH is 4. The van der Waals surface area contributed by atoms with Gasteiger partial charge in [0.1, 0.15) is 30.1 Å². The molecule has 0 aromatic carbocycles. The highest BCUT2D eigenvalue weighted by molar-refractivity contribution is 7.98. The van der Waals surface area contributed by atoms with Crippen molar-refractivity contribution in [2.45, 2.75) is 62.0 Å². The Morgan fingerprint density at radius 3 is 2.42 bits per heavy atom. The Balaban J connectivity index is 2.24. The minimum Gasteiger partial charge on any atom is -0.394 e. The van der Waals surface area contributed by atoms with Gasteiger partial charge in [-0.25, -0.2) is 4.84 Å². The lowest BCUT2D eigenvalue weighted by atomic mass is 9.93. The third-order valence-electron chi connectivity index (χ3n) is 3.83. The van der Waals surface area contributed by atoms with Gasteiger partial charge in [0.25, 0.3) is 5.56 Å². The molecule has 2 rings (SSSR count). The van der Waals surface area contributed by atoms with Gasteiger partial charge in [0.2, 0.25) is 11.4 Å². The van der Waals surface area contributed by atoms with Crippen molar-refractivity contribution < 1.29 is 30.0 Å². The molecule has 26 heavy (non-hydrogen) atoms. The molecule has 5 atom stereocenters. The van der Waals surface area contributed by atoms with E-state index in [2.05, 4.69) is 15.8 Å². The first kappa shape index (κ1) is 21.0. The summed E-state index contributed by atoms with van der Waals surface area (Å²) in [5.41, 5.74) is 1.48. The van der Waals surface area contributed by atoms with Crippen LogP contribution >= 0.6 is 11.8 Å². The van der Waals surface area contributed by atoms with E-state index in [0.29, 0.717) is 0 Å². The maximum Gasteiger partial charge on any atom is 0.297 e. The van der Waals surface area contributed by atoms with Crippen molar-refractivity contribution >= 4 is 11.8 Å². The SMILES string of the molecule is CSc1nnc(C(C)(C)C)c(=O)n1NO[C@@H]1O[C@H](CO)[C@@H](O)[C@H](O)[C@H]1O. The highest BCUT2D eigenvalue weighted by Gasteiger charge is 2.44. The van der Waals surface area contributed by atoms with Crippen molar-refractivity contribution in [3.05, 3.63) is 16.0 Å². The second-order valence-electron chi connectivity index (χ2n) is 6.83. The summed E-state index contributed by atoms with van der Waals surface area (Å²) in [4.78, 5) is 17.9.